The maximum absolute atomic E-state index is 14.2. The van der Waals surface area contributed by atoms with E-state index in [1.54, 1.807) is 12.1 Å². The molecule has 0 aliphatic carbocycles. The molecule has 0 spiro atoms. The Morgan fingerprint density at radius 1 is 0.933 bits per heavy atom. The van der Waals surface area contributed by atoms with E-state index in [0.717, 1.165) is 5.56 Å². The first-order valence-electron chi connectivity index (χ1n) is 14.5. The van der Waals surface area contributed by atoms with Crippen molar-refractivity contribution in [2.75, 3.05) is 12.4 Å². The van der Waals surface area contributed by atoms with Crippen molar-refractivity contribution in [1.82, 2.24) is 9.55 Å². The molecule has 45 heavy (non-hydrogen) atoms. The molecule has 0 saturated heterocycles. The van der Waals surface area contributed by atoms with Crippen LogP contribution in [0.15, 0.2) is 72.9 Å². The molecule has 2 heterocycles. The molecule has 0 radical (unpaired) electrons. The van der Waals surface area contributed by atoms with Gasteiger partial charge in [-0.15, -0.1) is 0 Å². The number of ether oxygens (including phenoxy) is 1. The smallest absolute Gasteiger partial charge is 0.339 e. The fourth-order valence-corrected chi connectivity index (χ4v) is 5.39. The van der Waals surface area contributed by atoms with E-state index in [2.05, 4.69) is 10.3 Å². The molecule has 0 fully saturated rings. The van der Waals surface area contributed by atoms with E-state index in [0.29, 0.717) is 28.1 Å². The molecule has 4 aromatic rings. The molecule has 2 aromatic heterocycles. The zero-order valence-electron chi connectivity index (χ0n) is 25.2. The van der Waals surface area contributed by atoms with E-state index in [1.807, 2.05) is 48.7 Å². The summed E-state index contributed by atoms with van der Waals surface area (Å²) in [4.78, 5) is 41.3. The van der Waals surface area contributed by atoms with Gasteiger partial charge in [0.15, 0.2) is 0 Å². The number of carboxylic acids is 1. The molecule has 4 rings (SSSR count). The van der Waals surface area contributed by atoms with Gasteiger partial charge in [0, 0.05) is 29.1 Å². The molecule has 0 saturated carbocycles. The number of carbonyl (C=O) groups excluding carboxylic acids is 2. The predicted octanol–water partition coefficient (Wildman–Crippen LogP) is 5.50. The number of nitrogens with one attached hydrogen (secondary N) is 1. The number of hydrogen-bond acceptors (Lipinski definition) is 7. The van der Waals surface area contributed by atoms with Crippen molar-refractivity contribution in [3.05, 3.63) is 95.7 Å². The second-order valence-electron chi connectivity index (χ2n) is 10.9. The molecule has 2 unspecified atom stereocenters. The van der Waals surface area contributed by atoms with Gasteiger partial charge < -0.3 is 29.9 Å². The Bertz CT molecular complexity index is 1640. The van der Waals surface area contributed by atoms with Crippen LogP contribution in [0.4, 0.5) is 10.2 Å². The first-order valence-corrected chi connectivity index (χ1v) is 14.5. The number of halogens is 1. The number of rotatable bonds is 13. The highest BCUT2D eigenvalue weighted by molar-refractivity contribution is 6.11. The Balaban J connectivity index is 1.87. The summed E-state index contributed by atoms with van der Waals surface area (Å²) in [6.07, 6.45) is -1.14. The highest BCUT2D eigenvalue weighted by Crippen LogP contribution is 2.42. The van der Waals surface area contributed by atoms with E-state index in [9.17, 15) is 29.0 Å². The number of amides is 1. The van der Waals surface area contributed by atoms with Crippen LogP contribution < -0.4 is 5.32 Å². The molecule has 236 valence electrons. The van der Waals surface area contributed by atoms with Gasteiger partial charge in [0.05, 0.1) is 31.3 Å². The Morgan fingerprint density at radius 2 is 1.60 bits per heavy atom. The van der Waals surface area contributed by atoms with E-state index < -0.39 is 42.3 Å². The van der Waals surface area contributed by atoms with Gasteiger partial charge >= 0.3 is 11.9 Å². The third-order valence-corrected chi connectivity index (χ3v) is 7.33. The predicted molar refractivity (Wildman–Crippen MR) is 166 cm³/mol. The number of carboxylic acid groups (broad SMARTS) is 1. The lowest BCUT2D eigenvalue weighted by molar-refractivity contribution is -0.139. The van der Waals surface area contributed by atoms with E-state index in [1.165, 1.54) is 37.6 Å². The minimum atomic E-state index is -1.22. The van der Waals surface area contributed by atoms with E-state index in [4.69, 9.17) is 9.84 Å². The van der Waals surface area contributed by atoms with Crippen LogP contribution in [0.2, 0.25) is 0 Å². The summed E-state index contributed by atoms with van der Waals surface area (Å²) in [7, 11) is 1.26. The van der Waals surface area contributed by atoms with Crippen LogP contribution in [0, 0.1) is 5.82 Å². The molecule has 11 heteroatoms. The zero-order valence-corrected chi connectivity index (χ0v) is 25.2. The molecular formula is C34H36FN3O7. The minimum Gasteiger partial charge on any atom is -0.481 e. The highest BCUT2D eigenvalue weighted by Gasteiger charge is 2.31. The van der Waals surface area contributed by atoms with Gasteiger partial charge in [-0.3, -0.25) is 9.59 Å². The largest absolute Gasteiger partial charge is 0.481 e. The van der Waals surface area contributed by atoms with Gasteiger partial charge in [0.2, 0.25) is 0 Å². The maximum atomic E-state index is 14.2. The first-order chi connectivity index (χ1) is 21.5. The van der Waals surface area contributed by atoms with Gasteiger partial charge in [0.25, 0.3) is 5.91 Å². The monoisotopic (exact) mass is 617 g/mol. The summed E-state index contributed by atoms with van der Waals surface area (Å²) in [5, 5.41) is 32.7. The summed E-state index contributed by atoms with van der Waals surface area (Å²) in [5.74, 6) is -2.43. The van der Waals surface area contributed by atoms with Gasteiger partial charge in [-0.2, -0.15) is 0 Å². The van der Waals surface area contributed by atoms with Crippen molar-refractivity contribution in [2.24, 2.45) is 0 Å². The van der Waals surface area contributed by atoms with Crippen LogP contribution in [-0.4, -0.2) is 62.0 Å². The number of hydrogen-bond donors (Lipinski definition) is 4. The highest BCUT2D eigenvalue weighted by atomic mass is 19.1. The van der Waals surface area contributed by atoms with Gasteiger partial charge in [-0.25, -0.2) is 14.2 Å². The summed E-state index contributed by atoms with van der Waals surface area (Å²) < 4.78 is 20.7. The fraction of sp³-hybridized carbons (Fsp3) is 0.294. The van der Waals surface area contributed by atoms with Crippen LogP contribution >= 0.6 is 0 Å². The molecule has 1 amide bonds. The Morgan fingerprint density at radius 3 is 2.18 bits per heavy atom. The third-order valence-electron chi connectivity index (χ3n) is 7.33. The van der Waals surface area contributed by atoms with Crippen LogP contribution in [0.3, 0.4) is 0 Å². The number of aliphatic hydroxyl groups excluding tert-OH is 2. The fourth-order valence-electron chi connectivity index (χ4n) is 5.39. The number of aliphatic hydroxyl groups is 2. The number of nitrogens with zero attached hydrogens (tertiary/aromatic N) is 2. The third kappa shape index (κ3) is 8.00. The average molecular weight is 618 g/mol. The SMILES string of the molecule is COC(=O)c1ccc(NC(=O)c2c(-c3ccccc3)c(-c3ccc(F)cc3)c(CCC(O)CC(O)CC(=O)O)n2C(C)C)nc1. The normalized spacial score (nSPS) is 12.5. The molecule has 2 aromatic carbocycles. The van der Waals surface area contributed by atoms with Gasteiger partial charge in [0.1, 0.15) is 17.3 Å². The van der Waals surface area contributed by atoms with Crippen molar-refractivity contribution in [2.45, 2.75) is 57.8 Å². The number of aliphatic carboxylic acids is 1. The van der Waals surface area contributed by atoms with Crippen molar-refractivity contribution < 1.29 is 38.8 Å². The lowest BCUT2D eigenvalue weighted by atomic mass is 9.92. The average Bonchev–Trinajstić information content (AvgIpc) is 3.36. The summed E-state index contributed by atoms with van der Waals surface area (Å²) in [6.45, 7) is 3.83. The molecule has 10 nitrogen and oxygen atoms in total. The van der Waals surface area contributed by atoms with E-state index >= 15 is 0 Å². The van der Waals surface area contributed by atoms with Crippen LogP contribution in [0.25, 0.3) is 22.3 Å². The van der Waals surface area contributed by atoms with Crippen LogP contribution in [0.5, 0.6) is 0 Å². The molecule has 0 aliphatic heterocycles. The Hall–Kier alpha value is -4.87. The van der Waals surface area contributed by atoms with Crippen molar-refractivity contribution >= 4 is 23.7 Å². The minimum absolute atomic E-state index is 0.132. The number of esters is 1. The number of aromatic nitrogens is 2. The summed E-state index contributed by atoms with van der Waals surface area (Å²) >= 11 is 0. The van der Waals surface area contributed by atoms with Crippen LogP contribution in [0.1, 0.15) is 65.7 Å². The number of methoxy groups -OCH3 is 1. The molecule has 4 N–H and O–H groups in total. The Kier molecular flexibility index (Phi) is 10.8. The zero-order chi connectivity index (χ0) is 32.7. The second-order valence-corrected chi connectivity index (χ2v) is 10.9. The van der Waals surface area contributed by atoms with Gasteiger partial charge in [-0.05, 0) is 68.5 Å². The van der Waals surface area contributed by atoms with Gasteiger partial charge in [-0.1, -0.05) is 42.5 Å². The molecule has 2 atom stereocenters. The topological polar surface area (TPSA) is 151 Å². The Labute approximate surface area is 260 Å². The summed E-state index contributed by atoms with van der Waals surface area (Å²) in [6, 6.07) is 18.0. The molecule has 0 bridgehead atoms. The number of anilines is 1. The summed E-state index contributed by atoms with van der Waals surface area (Å²) in [5.41, 5.74) is 3.88. The first kappa shape index (κ1) is 33.0. The van der Waals surface area contributed by atoms with E-state index in [-0.39, 0.29) is 36.7 Å². The van der Waals surface area contributed by atoms with Crippen molar-refractivity contribution in [3.63, 3.8) is 0 Å². The molecular weight excluding hydrogens is 581 g/mol. The quantitative estimate of drug-likeness (QED) is 0.144. The lowest BCUT2D eigenvalue weighted by Crippen LogP contribution is -2.23. The number of carbonyl (C=O) groups is 3. The lowest BCUT2D eigenvalue weighted by Gasteiger charge is -2.20. The maximum Gasteiger partial charge on any atom is 0.339 e. The van der Waals surface area contributed by atoms with Crippen molar-refractivity contribution in [1.29, 1.82) is 0 Å². The van der Waals surface area contributed by atoms with Crippen molar-refractivity contribution in [3.8, 4) is 22.3 Å². The number of benzene rings is 2. The number of pyridine rings is 1. The van der Waals surface area contributed by atoms with Crippen LogP contribution in [-0.2, 0) is 16.0 Å². The second kappa shape index (κ2) is 14.7. The standard InChI is InChI=1S/C34H36FN3O7/c1-20(2)38-27(15-14-25(39)17-26(40)18-29(41)42)30(22-9-12-24(35)13-10-22)31(21-7-5-4-6-8-21)32(38)33(43)37-28-16-11-23(19-36-28)34(44)45-3/h4-13,16,19-20,25-26,39-40H,14-15,17-18H2,1-3H3,(H,41,42)(H,36,37,43). The molecule has 0 aliphatic rings.